The van der Waals surface area contributed by atoms with E-state index in [1.165, 1.54) is 38.0 Å². The van der Waals surface area contributed by atoms with E-state index in [2.05, 4.69) is 5.32 Å². The van der Waals surface area contributed by atoms with E-state index in [1.54, 1.807) is 6.26 Å². The lowest BCUT2D eigenvalue weighted by Crippen LogP contribution is -2.34. The Balaban J connectivity index is 1.54. The molecule has 0 saturated carbocycles. The van der Waals surface area contributed by atoms with Gasteiger partial charge in [0.05, 0.1) is 12.0 Å². The normalized spacial score (nSPS) is 21.7. The fourth-order valence-corrected chi connectivity index (χ4v) is 2.92. The molecule has 2 heterocycles. The number of hydrogen-bond donors (Lipinski definition) is 1. The fraction of sp³-hybridized carbons (Fsp3) is 0.667. The van der Waals surface area contributed by atoms with Crippen LogP contribution in [0.2, 0.25) is 0 Å². The molecule has 2 nitrogen and oxygen atoms in total. The summed E-state index contributed by atoms with van der Waals surface area (Å²) in [6, 6.07) is 4.77. The molecule has 2 rings (SSSR count). The Bertz CT molecular complexity index is 255. The third kappa shape index (κ3) is 3.92. The number of thioether (sulfide) groups is 1. The number of piperidine rings is 1. The minimum Gasteiger partial charge on any atom is -0.468 e. The molecule has 0 spiro atoms. The Morgan fingerprint density at radius 3 is 3.20 bits per heavy atom. The molecule has 0 aliphatic carbocycles. The molecule has 1 aliphatic heterocycles. The van der Waals surface area contributed by atoms with E-state index in [9.17, 15) is 0 Å². The largest absolute Gasteiger partial charge is 0.468 e. The predicted molar refractivity (Wildman–Crippen MR) is 65.1 cm³/mol. The number of furan rings is 1. The highest BCUT2D eigenvalue weighted by Gasteiger charge is 2.11. The zero-order valence-corrected chi connectivity index (χ0v) is 9.89. The minimum atomic E-state index is 0.767. The molecule has 0 amide bonds. The van der Waals surface area contributed by atoms with Crippen LogP contribution in [0.15, 0.2) is 22.8 Å². The van der Waals surface area contributed by atoms with Crippen molar-refractivity contribution in [3.8, 4) is 0 Å². The molecular formula is C12H19NOS. The summed E-state index contributed by atoms with van der Waals surface area (Å²) in [5.41, 5.74) is 0. The molecule has 1 fully saturated rings. The van der Waals surface area contributed by atoms with Crippen molar-refractivity contribution in [2.24, 2.45) is 0 Å². The van der Waals surface area contributed by atoms with Crippen molar-refractivity contribution in [2.45, 2.75) is 37.5 Å². The quantitative estimate of drug-likeness (QED) is 0.780. The van der Waals surface area contributed by atoms with Crippen molar-refractivity contribution in [1.82, 2.24) is 5.32 Å². The summed E-state index contributed by atoms with van der Waals surface area (Å²) in [5, 5.41) is 3.58. The smallest absolute Gasteiger partial charge is 0.113 e. The van der Waals surface area contributed by atoms with Gasteiger partial charge in [0.1, 0.15) is 5.76 Å². The van der Waals surface area contributed by atoms with Gasteiger partial charge in [-0.3, -0.25) is 0 Å². The zero-order chi connectivity index (χ0) is 10.3. The number of hydrogen-bond acceptors (Lipinski definition) is 3. The molecule has 1 aromatic rings. The average Bonchev–Trinajstić information content (AvgIpc) is 2.79. The van der Waals surface area contributed by atoms with Crippen LogP contribution in [0.3, 0.4) is 0 Å². The van der Waals surface area contributed by atoms with Crippen LogP contribution in [0, 0.1) is 0 Å². The molecule has 0 radical (unpaired) electrons. The second kappa shape index (κ2) is 6.23. The SMILES string of the molecule is c1coc(CSCC[C@H]2CCCCN2)c1. The first-order chi connectivity index (χ1) is 7.45. The lowest BCUT2D eigenvalue weighted by Gasteiger charge is -2.22. The van der Waals surface area contributed by atoms with E-state index >= 15 is 0 Å². The summed E-state index contributed by atoms with van der Waals surface area (Å²) < 4.78 is 5.29. The van der Waals surface area contributed by atoms with Gasteiger partial charge in [0.2, 0.25) is 0 Å². The van der Waals surface area contributed by atoms with Gasteiger partial charge >= 0.3 is 0 Å². The number of nitrogens with one attached hydrogen (secondary N) is 1. The van der Waals surface area contributed by atoms with E-state index in [1.807, 2.05) is 23.9 Å². The van der Waals surface area contributed by atoms with Crippen LogP contribution >= 0.6 is 11.8 Å². The topological polar surface area (TPSA) is 25.2 Å². The van der Waals surface area contributed by atoms with Crippen molar-refractivity contribution < 1.29 is 4.42 Å². The molecule has 3 heteroatoms. The highest BCUT2D eigenvalue weighted by molar-refractivity contribution is 7.98. The van der Waals surface area contributed by atoms with Gasteiger partial charge in [-0.2, -0.15) is 11.8 Å². The average molecular weight is 225 g/mol. The zero-order valence-electron chi connectivity index (χ0n) is 9.08. The Kier molecular flexibility index (Phi) is 4.61. The van der Waals surface area contributed by atoms with Gasteiger partial charge in [0.15, 0.2) is 0 Å². The van der Waals surface area contributed by atoms with E-state index in [-0.39, 0.29) is 0 Å². The van der Waals surface area contributed by atoms with Gasteiger partial charge in [-0.1, -0.05) is 6.42 Å². The molecule has 1 N–H and O–H groups in total. The second-order valence-electron chi connectivity index (χ2n) is 4.07. The van der Waals surface area contributed by atoms with Crippen molar-refractivity contribution in [3.05, 3.63) is 24.2 Å². The van der Waals surface area contributed by atoms with Crippen molar-refractivity contribution in [3.63, 3.8) is 0 Å². The molecule has 1 atom stereocenters. The molecule has 84 valence electrons. The Morgan fingerprint density at radius 2 is 2.47 bits per heavy atom. The molecule has 1 aromatic heterocycles. The molecule has 0 unspecified atom stereocenters. The van der Waals surface area contributed by atoms with Gasteiger partial charge in [-0.05, 0) is 43.7 Å². The van der Waals surface area contributed by atoms with Gasteiger partial charge in [-0.25, -0.2) is 0 Å². The first kappa shape index (κ1) is 11.1. The van der Waals surface area contributed by atoms with Crippen LogP contribution in [0.5, 0.6) is 0 Å². The summed E-state index contributed by atoms with van der Waals surface area (Å²) >= 11 is 1.97. The molecule has 1 saturated heterocycles. The predicted octanol–water partition coefficient (Wildman–Crippen LogP) is 3.05. The van der Waals surface area contributed by atoms with Crippen LogP contribution in [0.1, 0.15) is 31.4 Å². The van der Waals surface area contributed by atoms with Crippen LogP contribution in [0.25, 0.3) is 0 Å². The van der Waals surface area contributed by atoms with Crippen LogP contribution < -0.4 is 5.32 Å². The first-order valence-corrected chi connectivity index (χ1v) is 6.94. The monoisotopic (exact) mass is 225 g/mol. The summed E-state index contributed by atoms with van der Waals surface area (Å²) in [4.78, 5) is 0. The maximum Gasteiger partial charge on any atom is 0.113 e. The fourth-order valence-electron chi connectivity index (χ4n) is 1.96. The highest BCUT2D eigenvalue weighted by Crippen LogP contribution is 2.17. The summed E-state index contributed by atoms with van der Waals surface area (Å²) in [7, 11) is 0. The molecule has 0 aromatic carbocycles. The molecule has 1 aliphatic rings. The molecular weight excluding hydrogens is 206 g/mol. The Hall–Kier alpha value is -0.410. The van der Waals surface area contributed by atoms with Crippen LogP contribution in [-0.2, 0) is 5.75 Å². The van der Waals surface area contributed by atoms with E-state index in [0.29, 0.717) is 0 Å². The van der Waals surface area contributed by atoms with Gasteiger partial charge in [0.25, 0.3) is 0 Å². The standard InChI is InChI=1S/C12H19NOS/c1-2-7-13-11(4-1)6-9-15-10-12-5-3-8-14-12/h3,5,8,11,13H,1-2,4,6-7,9-10H2/t11-/m1/s1. The van der Waals surface area contributed by atoms with E-state index in [0.717, 1.165) is 17.6 Å². The first-order valence-electron chi connectivity index (χ1n) is 5.78. The Labute approximate surface area is 95.8 Å². The van der Waals surface area contributed by atoms with E-state index < -0.39 is 0 Å². The lowest BCUT2D eigenvalue weighted by molar-refractivity contribution is 0.394. The maximum absolute atomic E-state index is 5.29. The summed E-state index contributed by atoms with van der Waals surface area (Å²) in [5.74, 6) is 3.34. The number of rotatable bonds is 5. The van der Waals surface area contributed by atoms with Crippen molar-refractivity contribution in [2.75, 3.05) is 12.3 Å². The molecule has 15 heavy (non-hydrogen) atoms. The van der Waals surface area contributed by atoms with Gasteiger partial charge in [0, 0.05) is 6.04 Å². The summed E-state index contributed by atoms with van der Waals surface area (Å²) in [6.07, 6.45) is 7.17. The third-order valence-electron chi connectivity index (χ3n) is 2.85. The van der Waals surface area contributed by atoms with Gasteiger partial charge < -0.3 is 9.73 Å². The maximum atomic E-state index is 5.29. The van der Waals surface area contributed by atoms with Gasteiger partial charge in [-0.15, -0.1) is 0 Å². The third-order valence-corrected chi connectivity index (χ3v) is 3.86. The highest BCUT2D eigenvalue weighted by atomic mass is 32.2. The van der Waals surface area contributed by atoms with Crippen molar-refractivity contribution >= 4 is 11.8 Å². The second-order valence-corrected chi connectivity index (χ2v) is 5.17. The Morgan fingerprint density at radius 1 is 1.47 bits per heavy atom. The minimum absolute atomic E-state index is 0.767. The van der Waals surface area contributed by atoms with E-state index in [4.69, 9.17) is 4.42 Å². The van der Waals surface area contributed by atoms with Crippen LogP contribution in [-0.4, -0.2) is 18.3 Å². The summed E-state index contributed by atoms with van der Waals surface area (Å²) in [6.45, 7) is 1.22. The lowest BCUT2D eigenvalue weighted by atomic mass is 10.0. The van der Waals surface area contributed by atoms with Crippen LogP contribution in [0.4, 0.5) is 0 Å². The van der Waals surface area contributed by atoms with Crippen molar-refractivity contribution in [1.29, 1.82) is 0 Å². The molecule has 0 bridgehead atoms.